The molecule has 3 aliphatic heterocycles. The first kappa shape index (κ1) is 25.2. The number of nitrogens with zero attached hydrogens (tertiary/aromatic N) is 4. The van der Waals surface area contributed by atoms with Gasteiger partial charge in [0.1, 0.15) is 30.2 Å². The largest absolute Gasteiger partial charge is 0.364 e. The van der Waals surface area contributed by atoms with Crippen molar-refractivity contribution in [2.24, 2.45) is 15.8 Å². The van der Waals surface area contributed by atoms with Gasteiger partial charge in [0, 0.05) is 22.6 Å². The fourth-order valence-corrected chi connectivity index (χ4v) is 5.77. The lowest BCUT2D eigenvalue weighted by atomic mass is 10.0. The number of nitrogens with two attached hydrogens (primary N) is 1. The molecule has 2 aromatic rings. The highest BCUT2D eigenvalue weighted by atomic mass is 35.5. The van der Waals surface area contributed by atoms with Crippen molar-refractivity contribution < 1.29 is 23.2 Å². The number of hydrogen-bond donors (Lipinski definition) is 2. The summed E-state index contributed by atoms with van der Waals surface area (Å²) in [7, 11) is 0. The van der Waals surface area contributed by atoms with Crippen molar-refractivity contribution in [3.05, 3.63) is 53.3 Å². The van der Waals surface area contributed by atoms with E-state index in [1.54, 1.807) is 35.9 Å². The highest BCUT2D eigenvalue weighted by Crippen LogP contribution is 2.34. The number of carbonyl (C=O) groups excluding carboxylic acids is 3. The lowest BCUT2D eigenvalue weighted by molar-refractivity contribution is -0.137. The van der Waals surface area contributed by atoms with Crippen molar-refractivity contribution in [3.63, 3.8) is 0 Å². The summed E-state index contributed by atoms with van der Waals surface area (Å²) in [5.74, 6) is -2.73. The van der Waals surface area contributed by atoms with Gasteiger partial charge in [0.05, 0.1) is 17.8 Å². The van der Waals surface area contributed by atoms with Crippen LogP contribution in [0.2, 0.25) is 5.02 Å². The molecule has 37 heavy (non-hydrogen) atoms. The Morgan fingerprint density at radius 3 is 2.68 bits per heavy atom. The van der Waals surface area contributed by atoms with E-state index in [0.29, 0.717) is 10.6 Å². The summed E-state index contributed by atoms with van der Waals surface area (Å²) in [6.07, 6.45) is -1.66. The summed E-state index contributed by atoms with van der Waals surface area (Å²) < 4.78 is 29.7. The summed E-state index contributed by atoms with van der Waals surface area (Å²) in [4.78, 5) is 43.2. The zero-order valence-electron chi connectivity index (χ0n) is 19.2. The first-order chi connectivity index (χ1) is 17.7. The molecule has 3 amide bonds. The predicted octanol–water partition coefficient (Wildman–Crippen LogP) is 2.65. The van der Waals surface area contributed by atoms with Crippen LogP contribution in [0.4, 0.5) is 14.5 Å². The van der Waals surface area contributed by atoms with Gasteiger partial charge in [0.15, 0.2) is 11.5 Å². The van der Waals surface area contributed by atoms with Gasteiger partial charge in [-0.05, 0) is 12.1 Å². The third kappa shape index (κ3) is 4.78. The number of benzene rings is 2. The van der Waals surface area contributed by atoms with Gasteiger partial charge >= 0.3 is 0 Å². The molecule has 5 rings (SSSR count). The molecule has 192 valence electrons. The summed E-state index contributed by atoms with van der Waals surface area (Å²) in [5, 5.41) is 7.92. The second-order valence-corrected chi connectivity index (χ2v) is 10.1. The maximum atomic E-state index is 15.3. The molecule has 1 fully saturated rings. The third-order valence-corrected chi connectivity index (χ3v) is 7.70. The second kappa shape index (κ2) is 10.1. The zero-order chi connectivity index (χ0) is 26.3. The molecular formula is C24H21ClF2N6O3S. The summed E-state index contributed by atoms with van der Waals surface area (Å²) >= 11 is 7.48. The number of hydrogen-bond acceptors (Lipinski definition) is 7. The molecule has 4 atom stereocenters. The molecule has 0 aromatic heterocycles. The van der Waals surface area contributed by atoms with Crippen molar-refractivity contribution in [1.29, 1.82) is 0 Å². The van der Waals surface area contributed by atoms with Gasteiger partial charge in [-0.1, -0.05) is 53.7 Å². The Hall–Kier alpha value is -3.51. The van der Waals surface area contributed by atoms with Crippen LogP contribution < -0.4 is 11.1 Å². The minimum atomic E-state index is -1.43. The summed E-state index contributed by atoms with van der Waals surface area (Å²) in [5.41, 5.74) is 7.49. The van der Waals surface area contributed by atoms with Gasteiger partial charge in [-0.3, -0.25) is 24.4 Å². The van der Waals surface area contributed by atoms with Gasteiger partial charge in [0.25, 0.3) is 5.91 Å². The molecular weight excluding hydrogens is 526 g/mol. The Labute approximate surface area is 219 Å². The molecule has 9 nitrogen and oxygen atoms in total. The molecule has 0 spiro atoms. The molecule has 3 aliphatic rings. The Kier molecular flexibility index (Phi) is 6.86. The van der Waals surface area contributed by atoms with Crippen molar-refractivity contribution in [3.8, 4) is 11.1 Å². The molecule has 13 heteroatoms. The van der Waals surface area contributed by atoms with Crippen molar-refractivity contribution in [1.82, 2.24) is 9.91 Å². The number of hydrazone groups is 1. The zero-order valence-corrected chi connectivity index (χ0v) is 20.8. The summed E-state index contributed by atoms with van der Waals surface area (Å²) in [6, 6.07) is 9.44. The molecule has 0 aliphatic carbocycles. The smallest absolute Gasteiger partial charge is 0.267 e. The van der Waals surface area contributed by atoms with Gasteiger partial charge in [-0.2, -0.15) is 5.10 Å². The van der Waals surface area contributed by atoms with E-state index in [0.717, 1.165) is 4.90 Å². The Morgan fingerprint density at radius 1 is 1.16 bits per heavy atom. The fraction of sp³-hybridized carbons (Fsp3) is 0.292. The number of alkyl halides is 1. The number of likely N-dealkylation sites (tertiary alicyclic amines) is 1. The van der Waals surface area contributed by atoms with E-state index in [2.05, 4.69) is 15.4 Å². The van der Waals surface area contributed by atoms with E-state index < -0.39 is 47.2 Å². The van der Waals surface area contributed by atoms with E-state index in [9.17, 15) is 18.8 Å². The van der Waals surface area contributed by atoms with Crippen LogP contribution in [-0.2, 0) is 14.4 Å². The number of fused-ring (bicyclic) bond motifs is 1. The highest BCUT2D eigenvalue weighted by Gasteiger charge is 2.45. The van der Waals surface area contributed by atoms with Gasteiger partial charge in [-0.15, -0.1) is 0 Å². The van der Waals surface area contributed by atoms with E-state index in [1.807, 2.05) is 0 Å². The molecule has 2 unspecified atom stereocenters. The SMILES string of the molecule is NC(=O)C1=NN(CC(=O)N2C[C@H](F)C[C@H]2C(=O)Nc2cccc(-c3ccccc3Cl)c2F)C2SC=NC12. The molecule has 0 saturated carbocycles. The number of aliphatic imine (C=N–C) groups is 1. The number of anilines is 1. The van der Waals surface area contributed by atoms with Gasteiger partial charge in [0.2, 0.25) is 11.8 Å². The number of primary amides is 1. The van der Waals surface area contributed by atoms with E-state index in [1.165, 1.54) is 28.9 Å². The number of halogens is 3. The molecule has 0 radical (unpaired) electrons. The lowest BCUT2D eigenvalue weighted by Crippen LogP contribution is -2.47. The summed E-state index contributed by atoms with van der Waals surface area (Å²) in [6.45, 7) is -0.599. The number of amides is 3. The maximum Gasteiger partial charge on any atom is 0.267 e. The van der Waals surface area contributed by atoms with Crippen LogP contribution in [0.3, 0.4) is 0 Å². The van der Waals surface area contributed by atoms with Crippen LogP contribution in [0.1, 0.15) is 6.42 Å². The van der Waals surface area contributed by atoms with Crippen LogP contribution in [0.15, 0.2) is 52.6 Å². The van der Waals surface area contributed by atoms with Crippen LogP contribution in [0, 0.1) is 5.82 Å². The molecule has 2 aromatic carbocycles. The normalized spacial score (nSPS) is 24.2. The van der Waals surface area contributed by atoms with E-state index in [-0.39, 0.29) is 36.5 Å². The van der Waals surface area contributed by atoms with E-state index >= 15 is 4.39 Å². The Balaban J connectivity index is 1.32. The highest BCUT2D eigenvalue weighted by molar-refractivity contribution is 8.12. The third-order valence-electron chi connectivity index (χ3n) is 6.35. The van der Waals surface area contributed by atoms with Crippen molar-refractivity contribution >= 4 is 58.0 Å². The second-order valence-electron chi connectivity index (χ2n) is 8.70. The first-order valence-corrected chi connectivity index (χ1v) is 12.7. The topological polar surface area (TPSA) is 120 Å². The van der Waals surface area contributed by atoms with Crippen molar-refractivity contribution in [2.75, 3.05) is 18.4 Å². The monoisotopic (exact) mass is 546 g/mol. The number of rotatable bonds is 6. The molecule has 3 N–H and O–H groups in total. The number of carbonyl (C=O) groups is 3. The quantitative estimate of drug-likeness (QED) is 0.577. The van der Waals surface area contributed by atoms with Crippen LogP contribution in [0.5, 0.6) is 0 Å². The standard InChI is InChI=1S/C24H21ClF2N6O3S/c25-15-6-2-1-4-13(15)14-5-3-7-16(19(14)27)30-23(36)17-8-12(26)9-32(17)18(34)10-33-24-21(29-11-37-24)20(31-33)22(28)35/h1-7,11-12,17,21,24H,8-10H2,(H2,28,35)(H,30,36)/t12-,17+,21?,24?/m1/s1. The van der Waals surface area contributed by atoms with Crippen molar-refractivity contribution in [2.45, 2.75) is 30.1 Å². The van der Waals surface area contributed by atoms with Gasteiger partial charge in [-0.25, -0.2) is 8.78 Å². The van der Waals surface area contributed by atoms with Crippen LogP contribution in [-0.4, -0.2) is 75.6 Å². The van der Waals surface area contributed by atoms with Crippen LogP contribution >= 0.6 is 23.4 Å². The molecule has 1 saturated heterocycles. The Morgan fingerprint density at radius 2 is 1.92 bits per heavy atom. The fourth-order valence-electron chi connectivity index (χ4n) is 4.60. The van der Waals surface area contributed by atoms with Gasteiger partial charge < -0.3 is 16.0 Å². The Bertz CT molecular complexity index is 1340. The number of thioether (sulfide) groups is 1. The molecule has 0 bridgehead atoms. The minimum Gasteiger partial charge on any atom is -0.364 e. The first-order valence-electron chi connectivity index (χ1n) is 11.3. The maximum absolute atomic E-state index is 15.3. The minimum absolute atomic E-state index is 0.0343. The van der Waals surface area contributed by atoms with Crippen LogP contribution in [0.25, 0.3) is 11.1 Å². The van der Waals surface area contributed by atoms with E-state index in [4.69, 9.17) is 17.3 Å². The molecule has 3 heterocycles. The number of nitrogens with one attached hydrogen (secondary N) is 1. The average Bonchev–Trinajstić information content (AvgIpc) is 3.57. The average molecular weight is 547 g/mol. The predicted molar refractivity (Wildman–Crippen MR) is 137 cm³/mol. The lowest BCUT2D eigenvalue weighted by Gasteiger charge is -2.27.